The first kappa shape index (κ1) is 22.5. The van der Waals surface area contributed by atoms with E-state index in [1.54, 1.807) is 30.6 Å². The standard InChI is InChI=1S/C25H25N3O4S/c1-3-32-25-27-20(17-6-4-16(5-7-17)12-24(29)30)14-23(28-25)26-10-8-18-13-19-9-11-33-22(19)15-21(18)31-2/h4-7,9,11,13-15H,3,8,10,12H2,1-2H3,(H,29,30)(H,26,27,28). The molecule has 0 bridgehead atoms. The molecule has 170 valence electrons. The van der Waals surface area contributed by atoms with Crippen LogP contribution in [0.25, 0.3) is 21.3 Å². The van der Waals surface area contributed by atoms with E-state index in [0.717, 1.165) is 28.9 Å². The zero-order valence-corrected chi connectivity index (χ0v) is 19.3. The summed E-state index contributed by atoms with van der Waals surface area (Å²) in [6, 6.07) is 15.8. The highest BCUT2D eigenvalue weighted by molar-refractivity contribution is 7.17. The third-order valence-electron chi connectivity index (χ3n) is 5.14. The maximum Gasteiger partial charge on any atom is 0.318 e. The van der Waals surface area contributed by atoms with E-state index in [0.29, 0.717) is 30.7 Å². The Balaban J connectivity index is 1.51. The fourth-order valence-electron chi connectivity index (χ4n) is 3.57. The molecule has 0 aliphatic carbocycles. The predicted molar refractivity (Wildman–Crippen MR) is 131 cm³/mol. The quantitative estimate of drug-likeness (QED) is 0.340. The molecule has 0 radical (unpaired) electrons. The number of carboxylic acids is 1. The van der Waals surface area contributed by atoms with E-state index in [9.17, 15) is 4.79 Å². The number of rotatable bonds is 10. The third kappa shape index (κ3) is 5.59. The van der Waals surface area contributed by atoms with E-state index >= 15 is 0 Å². The van der Waals surface area contributed by atoms with Crippen molar-refractivity contribution in [2.45, 2.75) is 19.8 Å². The molecule has 4 aromatic rings. The Morgan fingerprint density at radius 2 is 1.94 bits per heavy atom. The molecular formula is C25H25N3O4S. The Morgan fingerprint density at radius 3 is 2.67 bits per heavy atom. The van der Waals surface area contributed by atoms with Crippen molar-refractivity contribution in [2.24, 2.45) is 0 Å². The molecule has 0 saturated heterocycles. The number of nitrogens with one attached hydrogen (secondary N) is 1. The number of carbonyl (C=O) groups is 1. The molecule has 0 amide bonds. The molecule has 0 saturated carbocycles. The molecule has 2 aromatic heterocycles. The fraction of sp³-hybridized carbons (Fsp3) is 0.240. The van der Waals surface area contributed by atoms with Gasteiger partial charge in [-0.2, -0.15) is 9.97 Å². The van der Waals surface area contributed by atoms with Crippen molar-refractivity contribution in [3.8, 4) is 23.0 Å². The smallest absolute Gasteiger partial charge is 0.318 e. The lowest BCUT2D eigenvalue weighted by Gasteiger charge is -2.12. The fourth-order valence-corrected chi connectivity index (χ4v) is 4.37. The zero-order valence-electron chi connectivity index (χ0n) is 18.5. The van der Waals surface area contributed by atoms with Gasteiger partial charge in [0.2, 0.25) is 0 Å². The number of fused-ring (bicyclic) bond motifs is 1. The van der Waals surface area contributed by atoms with Crippen molar-refractivity contribution in [3.63, 3.8) is 0 Å². The number of thiophene rings is 1. The number of carboxylic acid groups (broad SMARTS) is 1. The normalized spacial score (nSPS) is 10.8. The Labute approximate surface area is 196 Å². The summed E-state index contributed by atoms with van der Waals surface area (Å²) in [4.78, 5) is 19.9. The number of anilines is 1. The molecule has 7 nitrogen and oxygen atoms in total. The average molecular weight is 464 g/mol. The number of hydrogen-bond acceptors (Lipinski definition) is 7. The number of methoxy groups -OCH3 is 1. The van der Waals surface area contributed by atoms with E-state index in [1.165, 1.54) is 10.1 Å². The van der Waals surface area contributed by atoms with Crippen LogP contribution in [0.1, 0.15) is 18.1 Å². The van der Waals surface area contributed by atoms with Gasteiger partial charge >= 0.3 is 12.0 Å². The molecule has 0 spiro atoms. The molecule has 33 heavy (non-hydrogen) atoms. The summed E-state index contributed by atoms with van der Waals surface area (Å²) in [6.45, 7) is 3.00. The number of nitrogens with zero attached hydrogens (tertiary/aromatic N) is 2. The summed E-state index contributed by atoms with van der Waals surface area (Å²) in [7, 11) is 1.69. The highest BCUT2D eigenvalue weighted by Crippen LogP contribution is 2.30. The van der Waals surface area contributed by atoms with Crippen LogP contribution in [0.2, 0.25) is 0 Å². The highest BCUT2D eigenvalue weighted by Gasteiger charge is 2.10. The number of aliphatic carboxylic acids is 1. The van der Waals surface area contributed by atoms with Gasteiger partial charge in [0.25, 0.3) is 0 Å². The molecule has 0 atom stereocenters. The van der Waals surface area contributed by atoms with Gasteiger partial charge in [0.15, 0.2) is 0 Å². The molecule has 2 aromatic carbocycles. The van der Waals surface area contributed by atoms with E-state index in [2.05, 4.69) is 38.9 Å². The van der Waals surface area contributed by atoms with Crippen molar-refractivity contribution >= 4 is 33.2 Å². The molecule has 0 fully saturated rings. The van der Waals surface area contributed by atoms with Crippen molar-refractivity contribution in [1.29, 1.82) is 0 Å². The van der Waals surface area contributed by atoms with Gasteiger partial charge in [0.1, 0.15) is 11.6 Å². The number of benzene rings is 2. The van der Waals surface area contributed by atoms with Crippen LogP contribution in [0.5, 0.6) is 11.8 Å². The first-order valence-electron chi connectivity index (χ1n) is 10.7. The lowest BCUT2D eigenvalue weighted by atomic mass is 10.1. The van der Waals surface area contributed by atoms with Crippen molar-refractivity contribution < 1.29 is 19.4 Å². The molecule has 0 aliphatic rings. The first-order valence-corrected chi connectivity index (χ1v) is 11.5. The summed E-state index contributed by atoms with van der Waals surface area (Å²) >= 11 is 1.70. The number of ether oxygens (including phenoxy) is 2. The maximum absolute atomic E-state index is 10.9. The molecule has 2 N–H and O–H groups in total. The van der Waals surface area contributed by atoms with E-state index in [1.807, 2.05) is 25.1 Å². The van der Waals surface area contributed by atoms with E-state index in [-0.39, 0.29) is 6.42 Å². The molecule has 2 heterocycles. The van der Waals surface area contributed by atoms with Gasteiger partial charge in [-0.15, -0.1) is 11.3 Å². The van der Waals surface area contributed by atoms with Gasteiger partial charge in [0.05, 0.1) is 25.8 Å². The van der Waals surface area contributed by atoms with Crippen molar-refractivity contribution in [1.82, 2.24) is 9.97 Å². The van der Waals surface area contributed by atoms with E-state index in [4.69, 9.17) is 14.6 Å². The summed E-state index contributed by atoms with van der Waals surface area (Å²) in [5, 5.41) is 15.6. The van der Waals surface area contributed by atoms with Gasteiger partial charge in [-0.1, -0.05) is 24.3 Å². The van der Waals surface area contributed by atoms with Crippen LogP contribution in [0.15, 0.2) is 53.9 Å². The van der Waals surface area contributed by atoms with Crippen LogP contribution in [-0.2, 0) is 17.6 Å². The van der Waals surface area contributed by atoms with Gasteiger partial charge in [0, 0.05) is 22.9 Å². The summed E-state index contributed by atoms with van der Waals surface area (Å²) in [6.07, 6.45) is 0.754. The molecule has 0 unspecified atom stereocenters. The second kappa shape index (κ2) is 10.3. The molecule has 4 rings (SSSR count). The minimum Gasteiger partial charge on any atom is -0.496 e. The summed E-state index contributed by atoms with van der Waals surface area (Å²) in [5.74, 6) is 0.685. The summed E-state index contributed by atoms with van der Waals surface area (Å²) in [5.41, 5.74) is 3.43. The van der Waals surface area contributed by atoms with Crippen LogP contribution >= 0.6 is 11.3 Å². The van der Waals surface area contributed by atoms with Crippen molar-refractivity contribution in [2.75, 3.05) is 25.6 Å². The lowest BCUT2D eigenvalue weighted by Crippen LogP contribution is -2.09. The minimum absolute atomic E-state index is 0.0122. The van der Waals surface area contributed by atoms with Crippen molar-refractivity contribution in [3.05, 3.63) is 65.0 Å². The number of aromatic nitrogens is 2. The van der Waals surface area contributed by atoms with Gasteiger partial charge in [-0.3, -0.25) is 4.79 Å². The zero-order chi connectivity index (χ0) is 23.2. The Hall–Kier alpha value is -3.65. The Bertz CT molecular complexity index is 1250. The maximum atomic E-state index is 10.9. The molecule has 0 aliphatic heterocycles. The third-order valence-corrected chi connectivity index (χ3v) is 6.02. The largest absolute Gasteiger partial charge is 0.496 e. The van der Waals surface area contributed by atoms with Crippen LogP contribution < -0.4 is 14.8 Å². The Kier molecular flexibility index (Phi) is 7.04. The number of hydrogen-bond donors (Lipinski definition) is 2. The molecule has 8 heteroatoms. The first-order chi connectivity index (χ1) is 16.1. The predicted octanol–water partition coefficient (Wildman–Crippen LogP) is 5.05. The SMILES string of the molecule is CCOc1nc(NCCc2cc3ccsc3cc2OC)cc(-c2ccc(CC(=O)O)cc2)n1. The molecular weight excluding hydrogens is 438 g/mol. The van der Waals surface area contributed by atoms with E-state index < -0.39 is 5.97 Å². The van der Waals surface area contributed by atoms with Gasteiger partial charge in [-0.05, 0) is 53.4 Å². The second-order valence-corrected chi connectivity index (χ2v) is 8.37. The topological polar surface area (TPSA) is 93.6 Å². The van der Waals surface area contributed by atoms with Crippen LogP contribution in [0.3, 0.4) is 0 Å². The Morgan fingerprint density at radius 1 is 1.12 bits per heavy atom. The summed E-state index contributed by atoms with van der Waals surface area (Å²) < 4.78 is 12.4. The van der Waals surface area contributed by atoms with Gasteiger partial charge in [-0.25, -0.2) is 0 Å². The van der Waals surface area contributed by atoms with Crippen LogP contribution in [0.4, 0.5) is 5.82 Å². The average Bonchev–Trinajstić information content (AvgIpc) is 3.26. The van der Waals surface area contributed by atoms with Crippen LogP contribution in [-0.4, -0.2) is 41.3 Å². The van der Waals surface area contributed by atoms with Gasteiger partial charge < -0.3 is 19.9 Å². The highest BCUT2D eigenvalue weighted by atomic mass is 32.1. The minimum atomic E-state index is -0.857. The van der Waals surface area contributed by atoms with Crippen LogP contribution in [0, 0.1) is 0 Å². The lowest BCUT2D eigenvalue weighted by molar-refractivity contribution is -0.136. The second-order valence-electron chi connectivity index (χ2n) is 7.42. The monoisotopic (exact) mass is 463 g/mol.